The zero-order valence-corrected chi connectivity index (χ0v) is 23.3. The van der Waals surface area contributed by atoms with Crippen LogP contribution in [0.3, 0.4) is 0 Å². The van der Waals surface area contributed by atoms with Crippen LogP contribution in [0.1, 0.15) is 93.6 Å². The highest BCUT2D eigenvalue weighted by atomic mass is 32.1. The summed E-state index contributed by atoms with van der Waals surface area (Å²) < 4.78 is 11.4. The van der Waals surface area contributed by atoms with Gasteiger partial charge in [-0.05, 0) is 84.1 Å². The van der Waals surface area contributed by atoms with E-state index in [4.69, 9.17) is 9.47 Å². The predicted molar refractivity (Wildman–Crippen MR) is 144 cm³/mol. The van der Waals surface area contributed by atoms with Crippen molar-refractivity contribution in [3.8, 4) is 11.8 Å². The molecule has 2 aliphatic carbocycles. The van der Waals surface area contributed by atoms with Crippen LogP contribution in [0.2, 0.25) is 0 Å². The van der Waals surface area contributed by atoms with Crippen molar-refractivity contribution >= 4 is 28.9 Å². The van der Waals surface area contributed by atoms with Gasteiger partial charge in [0, 0.05) is 17.4 Å². The number of anilines is 1. The third-order valence-electron chi connectivity index (χ3n) is 7.71. The SMILES string of the molecule is CC(C)(C)C#Cc1cc(N(C(=O)[C@H]2CC[C@H](C)CC2)[C@H]2CC[C@H](O[C@H]3COC[C@H]3O)CC2)c(C(=O)O)s1. The van der Waals surface area contributed by atoms with Crippen LogP contribution in [0.5, 0.6) is 0 Å². The lowest BCUT2D eigenvalue weighted by molar-refractivity contribution is -0.124. The van der Waals surface area contributed by atoms with Crippen molar-refractivity contribution in [2.75, 3.05) is 18.1 Å². The van der Waals surface area contributed by atoms with E-state index in [9.17, 15) is 19.8 Å². The zero-order chi connectivity index (χ0) is 26.7. The van der Waals surface area contributed by atoms with Crippen molar-refractivity contribution < 1.29 is 29.3 Å². The standard InChI is InChI=1S/C29H41NO6S/c1-18-5-7-19(8-6-18)27(32)30(20-9-11-21(12-10-20)36-25-17-35-16-24(25)31)23-15-22(13-14-29(2,3)4)37-26(23)28(33)34/h15,18-21,24-25,31H,5-12,16-17H2,1-4H3,(H,33,34)/t18-,19-,20-,21-,24-,25+/m1/s1. The minimum absolute atomic E-state index is 0.000265. The molecule has 1 amide bonds. The van der Waals surface area contributed by atoms with Crippen LogP contribution in [-0.4, -0.2) is 59.7 Å². The Balaban J connectivity index is 1.59. The highest BCUT2D eigenvalue weighted by Gasteiger charge is 2.38. The number of hydrogen-bond acceptors (Lipinski definition) is 6. The maximum absolute atomic E-state index is 14.0. The van der Waals surface area contributed by atoms with Gasteiger partial charge in [-0.3, -0.25) is 4.79 Å². The average Bonchev–Trinajstić information content (AvgIpc) is 3.45. The molecule has 0 unspecified atom stereocenters. The van der Waals surface area contributed by atoms with Crippen LogP contribution in [0.4, 0.5) is 5.69 Å². The van der Waals surface area contributed by atoms with Gasteiger partial charge in [-0.25, -0.2) is 4.79 Å². The topological polar surface area (TPSA) is 96.3 Å². The summed E-state index contributed by atoms with van der Waals surface area (Å²) in [5, 5.41) is 20.1. The third kappa shape index (κ3) is 7.14. The van der Waals surface area contributed by atoms with Crippen LogP contribution in [0, 0.1) is 29.1 Å². The number of nitrogens with zero attached hydrogens (tertiary/aromatic N) is 1. The third-order valence-corrected chi connectivity index (χ3v) is 8.73. The number of aliphatic hydroxyl groups is 1. The molecule has 1 saturated heterocycles. The van der Waals surface area contributed by atoms with Crippen LogP contribution in [0.15, 0.2) is 6.07 Å². The summed E-state index contributed by atoms with van der Waals surface area (Å²) in [5.41, 5.74) is 0.279. The Morgan fingerprint density at radius 2 is 1.76 bits per heavy atom. The van der Waals surface area contributed by atoms with Crippen LogP contribution < -0.4 is 4.90 Å². The minimum Gasteiger partial charge on any atom is -0.477 e. The summed E-state index contributed by atoms with van der Waals surface area (Å²) in [6.07, 6.45) is 5.79. The van der Waals surface area contributed by atoms with E-state index in [1.54, 1.807) is 0 Å². The highest BCUT2D eigenvalue weighted by molar-refractivity contribution is 7.15. The summed E-state index contributed by atoms with van der Waals surface area (Å²) in [5.74, 6) is 5.90. The van der Waals surface area contributed by atoms with E-state index in [-0.39, 0.29) is 40.4 Å². The monoisotopic (exact) mass is 531 g/mol. The number of carbonyl (C=O) groups excluding carboxylic acids is 1. The second kappa shape index (κ2) is 11.9. The Hall–Kier alpha value is -1.92. The summed E-state index contributed by atoms with van der Waals surface area (Å²) in [6, 6.07) is 1.72. The van der Waals surface area contributed by atoms with Crippen molar-refractivity contribution in [1.29, 1.82) is 0 Å². The van der Waals surface area contributed by atoms with Crippen molar-refractivity contribution in [1.82, 2.24) is 0 Å². The lowest BCUT2D eigenvalue weighted by atomic mass is 9.81. The Morgan fingerprint density at radius 3 is 2.32 bits per heavy atom. The number of aliphatic hydroxyl groups excluding tert-OH is 1. The van der Waals surface area contributed by atoms with Crippen LogP contribution >= 0.6 is 11.3 Å². The fraction of sp³-hybridized carbons (Fsp3) is 0.724. The van der Waals surface area contributed by atoms with E-state index in [1.165, 1.54) is 0 Å². The molecule has 2 heterocycles. The first-order chi connectivity index (χ1) is 17.5. The maximum Gasteiger partial charge on any atom is 0.348 e. The summed E-state index contributed by atoms with van der Waals surface area (Å²) >= 11 is 1.15. The van der Waals surface area contributed by atoms with Gasteiger partial charge in [-0.2, -0.15) is 0 Å². The molecule has 0 radical (unpaired) electrons. The molecule has 1 aliphatic heterocycles. The first-order valence-electron chi connectivity index (χ1n) is 13.7. The van der Waals surface area contributed by atoms with Crippen molar-refractivity contribution in [3.05, 3.63) is 15.8 Å². The number of aromatic carboxylic acids is 1. The van der Waals surface area contributed by atoms with Gasteiger partial charge in [0.25, 0.3) is 0 Å². The molecule has 1 aromatic heterocycles. The van der Waals surface area contributed by atoms with Crippen LogP contribution in [0.25, 0.3) is 0 Å². The van der Waals surface area contributed by atoms with Gasteiger partial charge in [0.2, 0.25) is 5.91 Å². The Kier molecular flexibility index (Phi) is 9.00. The first kappa shape index (κ1) is 28.1. The van der Waals surface area contributed by atoms with E-state index >= 15 is 0 Å². The van der Waals surface area contributed by atoms with Gasteiger partial charge in [-0.15, -0.1) is 11.3 Å². The highest BCUT2D eigenvalue weighted by Crippen LogP contribution is 2.39. The van der Waals surface area contributed by atoms with Crippen molar-refractivity contribution in [2.45, 2.75) is 103 Å². The predicted octanol–water partition coefficient (Wildman–Crippen LogP) is 5.09. The number of thiophene rings is 1. The van der Waals surface area contributed by atoms with E-state index in [2.05, 4.69) is 18.8 Å². The van der Waals surface area contributed by atoms with Crippen LogP contribution in [-0.2, 0) is 14.3 Å². The summed E-state index contributed by atoms with van der Waals surface area (Å²) in [4.78, 5) is 29.0. The quantitative estimate of drug-likeness (QED) is 0.497. The molecule has 37 heavy (non-hydrogen) atoms. The fourth-order valence-electron chi connectivity index (χ4n) is 5.56. The number of hydrogen-bond donors (Lipinski definition) is 2. The van der Waals surface area contributed by atoms with Gasteiger partial charge in [0.05, 0.1) is 29.9 Å². The molecule has 1 aromatic rings. The summed E-state index contributed by atoms with van der Waals surface area (Å²) in [6.45, 7) is 8.99. The Labute approximate surface area is 224 Å². The van der Waals surface area contributed by atoms with Gasteiger partial charge in [-0.1, -0.05) is 18.8 Å². The van der Waals surface area contributed by atoms with Gasteiger partial charge >= 0.3 is 5.97 Å². The van der Waals surface area contributed by atoms with Gasteiger partial charge in [0.15, 0.2) is 0 Å². The maximum atomic E-state index is 14.0. The average molecular weight is 532 g/mol. The smallest absolute Gasteiger partial charge is 0.348 e. The molecule has 0 aromatic carbocycles. The second-order valence-corrected chi connectivity index (χ2v) is 13.1. The molecular weight excluding hydrogens is 490 g/mol. The zero-order valence-electron chi connectivity index (χ0n) is 22.5. The molecule has 2 atom stereocenters. The van der Waals surface area contributed by atoms with Gasteiger partial charge in [0.1, 0.15) is 17.1 Å². The molecule has 8 heteroatoms. The molecule has 204 valence electrons. The molecule has 3 fully saturated rings. The summed E-state index contributed by atoms with van der Waals surface area (Å²) in [7, 11) is 0. The molecule has 3 aliphatic rings. The Morgan fingerprint density at radius 1 is 1.08 bits per heavy atom. The van der Waals surface area contributed by atoms with E-state index in [1.807, 2.05) is 31.7 Å². The normalized spacial score (nSPS) is 30.4. The molecular formula is C29H41NO6S. The lowest BCUT2D eigenvalue weighted by Gasteiger charge is -2.40. The number of rotatable bonds is 6. The second-order valence-electron chi connectivity index (χ2n) is 12.0. The minimum atomic E-state index is -1.02. The molecule has 7 nitrogen and oxygen atoms in total. The first-order valence-corrected chi connectivity index (χ1v) is 14.5. The largest absolute Gasteiger partial charge is 0.477 e. The van der Waals surface area contributed by atoms with Gasteiger partial charge < -0.3 is 24.6 Å². The molecule has 0 spiro atoms. The number of carboxylic acid groups (broad SMARTS) is 1. The lowest BCUT2D eigenvalue weighted by Crippen LogP contribution is -2.47. The number of carbonyl (C=O) groups is 2. The number of carboxylic acids is 1. The fourth-order valence-corrected chi connectivity index (χ4v) is 6.41. The molecule has 0 bridgehead atoms. The van der Waals surface area contributed by atoms with Crippen molar-refractivity contribution in [2.24, 2.45) is 17.3 Å². The molecule has 4 rings (SSSR count). The Bertz CT molecular complexity index is 1020. The molecule has 2 saturated carbocycles. The van der Waals surface area contributed by atoms with E-state index in [0.29, 0.717) is 29.7 Å². The number of amides is 1. The van der Waals surface area contributed by atoms with E-state index < -0.39 is 12.1 Å². The number of ether oxygens (including phenoxy) is 2. The van der Waals surface area contributed by atoms with E-state index in [0.717, 1.165) is 62.7 Å². The molecule has 2 N–H and O–H groups in total. The van der Waals surface area contributed by atoms with Crippen molar-refractivity contribution in [3.63, 3.8) is 0 Å².